The predicted molar refractivity (Wildman–Crippen MR) is 202 cm³/mol. The fraction of sp³-hybridized carbons (Fsp3) is 0.263. The molecular formula is C38H36I2O10. The average Bonchev–Trinajstić information content (AvgIpc) is 3.08. The van der Waals surface area contributed by atoms with E-state index in [9.17, 15) is 19.2 Å². The Morgan fingerprint density at radius 1 is 0.540 bits per heavy atom. The minimum absolute atomic E-state index is 0.204. The third kappa shape index (κ3) is 13.3. The number of halogens is 2. The number of benzene rings is 4. The van der Waals surface area contributed by atoms with Gasteiger partial charge in [-0.2, -0.15) is 0 Å². The summed E-state index contributed by atoms with van der Waals surface area (Å²) < 4.78 is 33.7. The lowest BCUT2D eigenvalue weighted by Crippen LogP contribution is -2.14. The van der Waals surface area contributed by atoms with Crippen LogP contribution in [0.2, 0.25) is 0 Å². The van der Waals surface area contributed by atoms with Gasteiger partial charge in [0.15, 0.2) is 0 Å². The molecule has 50 heavy (non-hydrogen) atoms. The van der Waals surface area contributed by atoms with Gasteiger partial charge >= 0.3 is 24.1 Å². The quantitative estimate of drug-likeness (QED) is 0.0476. The number of esters is 3. The molecule has 12 heteroatoms. The van der Waals surface area contributed by atoms with Gasteiger partial charge in [0.25, 0.3) is 0 Å². The lowest BCUT2D eigenvalue weighted by atomic mass is 10.1. The molecule has 0 amide bonds. The molecular weight excluding hydrogens is 870 g/mol. The Labute approximate surface area is 318 Å². The molecule has 0 spiro atoms. The van der Waals surface area contributed by atoms with Crippen molar-refractivity contribution in [1.29, 1.82) is 0 Å². The summed E-state index contributed by atoms with van der Waals surface area (Å²) in [5.41, 5.74) is 3.81. The molecule has 0 atom stereocenters. The summed E-state index contributed by atoms with van der Waals surface area (Å²) in [6.07, 6.45) is 1.72. The van der Waals surface area contributed by atoms with Crippen molar-refractivity contribution in [2.45, 2.75) is 45.4 Å². The summed E-state index contributed by atoms with van der Waals surface area (Å²) in [5.74, 6) is 0.953. The molecule has 0 heterocycles. The van der Waals surface area contributed by atoms with E-state index < -0.39 is 6.16 Å². The van der Waals surface area contributed by atoms with Crippen molar-refractivity contribution in [3.8, 4) is 23.0 Å². The molecule has 10 nitrogen and oxygen atoms in total. The Hall–Kier alpha value is -4.18. The molecule has 4 rings (SSSR count). The molecule has 0 aliphatic rings. The van der Waals surface area contributed by atoms with Crippen LogP contribution in [0.25, 0.3) is 0 Å². The van der Waals surface area contributed by atoms with Crippen LogP contribution in [0.1, 0.15) is 42.0 Å². The summed E-state index contributed by atoms with van der Waals surface area (Å²) in [6, 6.07) is 24.7. The van der Waals surface area contributed by atoms with Crippen LogP contribution in [0, 0.1) is 7.14 Å². The van der Waals surface area contributed by atoms with Crippen LogP contribution in [-0.4, -0.2) is 44.4 Å². The molecule has 0 aliphatic carbocycles. The molecule has 0 bridgehead atoms. The summed E-state index contributed by atoms with van der Waals surface area (Å²) in [6.45, 7) is 1.82. The Bertz CT molecular complexity index is 1730. The van der Waals surface area contributed by atoms with Crippen LogP contribution in [-0.2, 0) is 49.5 Å². The number of ether oxygens (including phenoxy) is 6. The fourth-order valence-electron chi connectivity index (χ4n) is 4.71. The number of hydrogen-bond acceptors (Lipinski definition) is 10. The number of hydrogen-bond donors (Lipinski definition) is 0. The van der Waals surface area contributed by atoms with E-state index in [4.69, 9.17) is 28.4 Å². The van der Waals surface area contributed by atoms with Crippen LogP contribution in [0.4, 0.5) is 4.79 Å². The maximum atomic E-state index is 12.3. The standard InChI is InChI=1S/C38H36I2O10/c1-25(41)48-30-11-5-27(6-12-30)19-21-46-35(42)17-9-26-3-13-31(14-4-26)49-38(44)50-32-15-7-28(8-16-32)20-22-47-36(43)18-10-29-23-33(39)37(45-2)34(40)24-29/h3-8,11-16,23-24H,9-10,17-22H2,1-2H3. The van der Waals surface area contributed by atoms with E-state index in [-0.39, 0.29) is 44.0 Å². The van der Waals surface area contributed by atoms with E-state index in [1.807, 2.05) is 24.3 Å². The molecule has 262 valence electrons. The van der Waals surface area contributed by atoms with Gasteiger partial charge in [0.05, 0.1) is 27.5 Å². The summed E-state index contributed by atoms with van der Waals surface area (Å²) in [4.78, 5) is 47.8. The molecule has 4 aromatic carbocycles. The Kier molecular flexibility index (Phi) is 15.3. The van der Waals surface area contributed by atoms with Gasteiger partial charge < -0.3 is 28.4 Å². The first kappa shape index (κ1) is 38.6. The van der Waals surface area contributed by atoms with Crippen molar-refractivity contribution >= 4 is 69.2 Å². The van der Waals surface area contributed by atoms with Gasteiger partial charge in [0, 0.05) is 32.6 Å². The first-order valence-electron chi connectivity index (χ1n) is 15.8. The molecule has 0 saturated carbocycles. The Morgan fingerprint density at radius 3 is 1.32 bits per heavy atom. The van der Waals surface area contributed by atoms with E-state index >= 15 is 0 Å². The molecule has 0 N–H and O–H groups in total. The topological polar surface area (TPSA) is 124 Å². The number of methoxy groups -OCH3 is 1. The van der Waals surface area contributed by atoms with Gasteiger partial charge in [0.1, 0.15) is 23.0 Å². The Balaban J connectivity index is 1.09. The summed E-state index contributed by atoms with van der Waals surface area (Å²) in [5, 5.41) is 0. The second-order valence-corrected chi connectivity index (χ2v) is 13.3. The highest BCUT2D eigenvalue weighted by atomic mass is 127. The molecule has 0 aromatic heterocycles. The van der Waals surface area contributed by atoms with Gasteiger partial charge in [-0.05, 0) is 129 Å². The van der Waals surface area contributed by atoms with Crippen molar-refractivity contribution in [3.05, 3.63) is 114 Å². The van der Waals surface area contributed by atoms with E-state index in [2.05, 4.69) is 45.2 Å². The molecule has 0 saturated heterocycles. The van der Waals surface area contributed by atoms with E-state index in [0.29, 0.717) is 42.9 Å². The third-order valence-electron chi connectivity index (χ3n) is 7.24. The van der Waals surface area contributed by atoms with Crippen LogP contribution in [0.5, 0.6) is 23.0 Å². The van der Waals surface area contributed by atoms with E-state index in [0.717, 1.165) is 35.1 Å². The monoisotopic (exact) mass is 906 g/mol. The van der Waals surface area contributed by atoms with Crippen molar-refractivity contribution in [1.82, 2.24) is 0 Å². The van der Waals surface area contributed by atoms with Crippen LogP contribution < -0.4 is 18.9 Å². The zero-order valence-corrected chi connectivity index (χ0v) is 31.9. The molecule has 0 aliphatic heterocycles. The van der Waals surface area contributed by atoms with Crippen LogP contribution in [0.15, 0.2) is 84.9 Å². The SMILES string of the molecule is COc1c(I)cc(CCC(=O)OCCc2ccc(OC(=O)Oc3ccc(CCC(=O)OCCc4ccc(OC(C)=O)cc4)cc3)cc2)cc1I. The summed E-state index contributed by atoms with van der Waals surface area (Å²) in [7, 11) is 1.64. The first-order valence-corrected chi connectivity index (χ1v) is 17.9. The molecule has 0 fully saturated rings. The molecule has 4 aromatic rings. The molecule has 0 unspecified atom stereocenters. The van der Waals surface area contributed by atoms with Gasteiger partial charge in [0.2, 0.25) is 0 Å². The molecule has 0 radical (unpaired) electrons. The summed E-state index contributed by atoms with van der Waals surface area (Å²) >= 11 is 4.45. The second-order valence-electron chi connectivity index (χ2n) is 11.0. The third-order valence-corrected chi connectivity index (χ3v) is 8.84. The zero-order valence-electron chi connectivity index (χ0n) is 27.6. The van der Waals surface area contributed by atoms with Crippen molar-refractivity contribution in [2.75, 3.05) is 20.3 Å². The van der Waals surface area contributed by atoms with Crippen LogP contribution in [0.3, 0.4) is 0 Å². The number of carbonyl (C=O) groups excluding carboxylic acids is 4. The van der Waals surface area contributed by atoms with Gasteiger partial charge in [-0.3, -0.25) is 14.4 Å². The lowest BCUT2D eigenvalue weighted by Gasteiger charge is -2.10. The van der Waals surface area contributed by atoms with Gasteiger partial charge in [-0.15, -0.1) is 0 Å². The highest BCUT2D eigenvalue weighted by molar-refractivity contribution is 14.1. The van der Waals surface area contributed by atoms with Gasteiger partial charge in [-0.1, -0.05) is 36.4 Å². The van der Waals surface area contributed by atoms with E-state index in [1.54, 1.807) is 67.8 Å². The van der Waals surface area contributed by atoms with Crippen molar-refractivity contribution < 1.29 is 47.6 Å². The maximum Gasteiger partial charge on any atom is 0.519 e. The highest BCUT2D eigenvalue weighted by Crippen LogP contribution is 2.29. The van der Waals surface area contributed by atoms with Crippen molar-refractivity contribution in [2.24, 2.45) is 0 Å². The average molecular weight is 907 g/mol. The first-order chi connectivity index (χ1) is 24.1. The normalized spacial score (nSPS) is 10.6. The minimum atomic E-state index is -0.884. The van der Waals surface area contributed by atoms with Crippen molar-refractivity contribution in [3.63, 3.8) is 0 Å². The maximum absolute atomic E-state index is 12.3. The van der Waals surface area contributed by atoms with Gasteiger partial charge in [-0.25, -0.2) is 4.79 Å². The number of carbonyl (C=O) groups is 4. The lowest BCUT2D eigenvalue weighted by molar-refractivity contribution is -0.144. The number of aryl methyl sites for hydroxylation is 2. The Morgan fingerprint density at radius 2 is 0.920 bits per heavy atom. The predicted octanol–water partition coefficient (Wildman–Crippen LogP) is 7.84. The zero-order chi connectivity index (χ0) is 35.9. The highest BCUT2D eigenvalue weighted by Gasteiger charge is 2.12. The van der Waals surface area contributed by atoms with Crippen LogP contribution >= 0.6 is 45.2 Å². The number of rotatable bonds is 16. The fourth-order valence-corrected chi connectivity index (χ4v) is 7.04. The van der Waals surface area contributed by atoms with E-state index in [1.165, 1.54) is 6.92 Å². The smallest absolute Gasteiger partial charge is 0.495 e. The largest absolute Gasteiger partial charge is 0.519 e. The minimum Gasteiger partial charge on any atom is -0.495 e. The second kappa shape index (κ2) is 19.9.